The monoisotopic (exact) mass is 164 g/mol. The summed E-state index contributed by atoms with van der Waals surface area (Å²) in [5, 5.41) is 25.4. The van der Waals surface area contributed by atoms with E-state index in [0.29, 0.717) is 11.2 Å². The zero-order valence-electron chi connectivity index (χ0n) is 6.28. The summed E-state index contributed by atoms with van der Waals surface area (Å²) in [6.07, 6.45) is 0. The van der Waals surface area contributed by atoms with Gasteiger partial charge in [-0.15, -0.1) is 0 Å². The molecule has 0 aliphatic heterocycles. The number of nitrogens with zero attached hydrogens (tertiary/aromatic N) is 1. The van der Waals surface area contributed by atoms with Crippen LogP contribution in [0.3, 0.4) is 0 Å². The van der Waals surface area contributed by atoms with Crippen molar-refractivity contribution in [2.24, 2.45) is 0 Å². The van der Waals surface area contributed by atoms with Crippen molar-refractivity contribution in [3.8, 4) is 5.75 Å². The quantitative estimate of drug-likeness (QED) is 0.582. The van der Waals surface area contributed by atoms with Crippen molar-refractivity contribution in [3.05, 3.63) is 23.9 Å². The number of aliphatic hydroxyl groups excluding tert-OH is 1. The number of aliphatic hydroxyl groups is 1. The molecule has 0 fully saturated rings. The summed E-state index contributed by atoms with van der Waals surface area (Å²) in [4.78, 5) is 0. The first kappa shape index (κ1) is 7.12. The van der Waals surface area contributed by atoms with E-state index in [1.165, 1.54) is 0 Å². The fourth-order valence-electron chi connectivity index (χ4n) is 1.18. The Morgan fingerprint density at radius 3 is 3.00 bits per heavy atom. The summed E-state index contributed by atoms with van der Waals surface area (Å²) in [6, 6.07) is 4.84. The Bertz CT molecular complexity index is 408. The number of phenolic OH excluding ortho intramolecular Hbond substituents is 1. The van der Waals surface area contributed by atoms with Crippen molar-refractivity contribution < 1.29 is 10.2 Å². The van der Waals surface area contributed by atoms with Crippen LogP contribution >= 0.6 is 0 Å². The molecule has 0 saturated heterocycles. The highest BCUT2D eigenvalue weighted by Gasteiger charge is 2.03. The maximum atomic E-state index is 9.10. The van der Waals surface area contributed by atoms with Gasteiger partial charge in [0.05, 0.1) is 17.8 Å². The Morgan fingerprint density at radius 1 is 1.42 bits per heavy atom. The van der Waals surface area contributed by atoms with E-state index in [9.17, 15) is 0 Å². The summed E-state index contributed by atoms with van der Waals surface area (Å²) >= 11 is 0. The number of nitrogens with one attached hydrogen (secondary N) is 1. The first-order valence-electron chi connectivity index (χ1n) is 3.58. The Morgan fingerprint density at radius 2 is 2.25 bits per heavy atom. The SMILES string of the molecule is OCc1[nH]nc2cc(O)ccc12. The lowest BCUT2D eigenvalue weighted by molar-refractivity contribution is 0.278. The van der Waals surface area contributed by atoms with E-state index < -0.39 is 0 Å². The fraction of sp³-hybridized carbons (Fsp3) is 0.125. The molecular weight excluding hydrogens is 156 g/mol. The van der Waals surface area contributed by atoms with E-state index in [4.69, 9.17) is 10.2 Å². The molecule has 0 bridgehead atoms. The molecule has 0 aliphatic carbocycles. The molecule has 0 aliphatic rings. The molecular formula is C8H8N2O2. The van der Waals surface area contributed by atoms with Crippen LogP contribution in [0, 0.1) is 0 Å². The Balaban J connectivity index is 2.73. The van der Waals surface area contributed by atoms with Crippen molar-refractivity contribution >= 4 is 10.9 Å². The zero-order chi connectivity index (χ0) is 8.55. The van der Waals surface area contributed by atoms with Crippen LogP contribution in [0.2, 0.25) is 0 Å². The number of H-pyrrole nitrogens is 1. The number of phenols is 1. The molecule has 12 heavy (non-hydrogen) atoms. The van der Waals surface area contributed by atoms with Crippen molar-refractivity contribution in [2.45, 2.75) is 6.61 Å². The van der Waals surface area contributed by atoms with Crippen LogP contribution in [0.1, 0.15) is 5.69 Å². The Labute approximate surface area is 68.5 Å². The molecule has 0 atom stereocenters. The normalized spacial score (nSPS) is 10.8. The largest absolute Gasteiger partial charge is 0.508 e. The smallest absolute Gasteiger partial charge is 0.117 e. The average Bonchev–Trinajstić information content (AvgIpc) is 2.46. The van der Waals surface area contributed by atoms with Gasteiger partial charge in [-0.3, -0.25) is 5.10 Å². The number of aromatic nitrogens is 2. The number of aromatic hydroxyl groups is 1. The first-order chi connectivity index (χ1) is 5.81. The molecule has 4 nitrogen and oxygen atoms in total. The average molecular weight is 164 g/mol. The molecule has 0 amide bonds. The van der Waals surface area contributed by atoms with Gasteiger partial charge in [0.25, 0.3) is 0 Å². The summed E-state index contributed by atoms with van der Waals surface area (Å²) in [6.45, 7) is -0.0682. The molecule has 0 radical (unpaired) electrons. The van der Waals surface area contributed by atoms with E-state index in [1.54, 1.807) is 18.2 Å². The number of fused-ring (bicyclic) bond motifs is 1. The lowest BCUT2D eigenvalue weighted by Gasteiger charge is -1.91. The van der Waals surface area contributed by atoms with Gasteiger partial charge in [-0.25, -0.2) is 0 Å². The molecule has 1 aromatic carbocycles. The molecule has 62 valence electrons. The number of rotatable bonds is 1. The molecule has 0 unspecified atom stereocenters. The molecule has 2 aromatic rings. The van der Waals surface area contributed by atoms with Crippen molar-refractivity contribution in [2.75, 3.05) is 0 Å². The minimum absolute atomic E-state index is 0.0682. The zero-order valence-corrected chi connectivity index (χ0v) is 6.28. The Kier molecular flexibility index (Phi) is 1.48. The van der Waals surface area contributed by atoms with Gasteiger partial charge in [0.15, 0.2) is 0 Å². The lowest BCUT2D eigenvalue weighted by Crippen LogP contribution is -1.81. The van der Waals surface area contributed by atoms with Crippen LogP contribution < -0.4 is 0 Å². The Hall–Kier alpha value is -1.55. The second-order valence-corrected chi connectivity index (χ2v) is 2.56. The minimum atomic E-state index is -0.0682. The lowest BCUT2D eigenvalue weighted by atomic mass is 10.2. The standard InChI is InChI=1S/C8H8N2O2/c11-4-8-6-2-1-5(12)3-7(6)9-10-8/h1-3,11-12H,4H2,(H,9,10). The molecule has 1 heterocycles. The van der Waals surface area contributed by atoms with Crippen LogP contribution in [0.5, 0.6) is 5.75 Å². The van der Waals surface area contributed by atoms with Crippen LogP contribution in [0.4, 0.5) is 0 Å². The first-order valence-corrected chi connectivity index (χ1v) is 3.58. The van der Waals surface area contributed by atoms with Gasteiger partial charge in [0, 0.05) is 11.5 Å². The van der Waals surface area contributed by atoms with E-state index in [-0.39, 0.29) is 12.4 Å². The van der Waals surface area contributed by atoms with Crippen LogP contribution in [-0.2, 0) is 6.61 Å². The van der Waals surface area contributed by atoms with E-state index >= 15 is 0 Å². The maximum absolute atomic E-state index is 9.10. The second kappa shape index (κ2) is 2.49. The van der Waals surface area contributed by atoms with Gasteiger partial charge >= 0.3 is 0 Å². The minimum Gasteiger partial charge on any atom is -0.508 e. The number of hydrogen-bond acceptors (Lipinski definition) is 3. The van der Waals surface area contributed by atoms with Gasteiger partial charge in [0.2, 0.25) is 0 Å². The van der Waals surface area contributed by atoms with E-state index in [2.05, 4.69) is 10.2 Å². The second-order valence-electron chi connectivity index (χ2n) is 2.56. The summed E-state index contributed by atoms with van der Waals surface area (Å²) in [5.74, 6) is 0.179. The van der Waals surface area contributed by atoms with Gasteiger partial charge < -0.3 is 10.2 Å². The molecule has 0 spiro atoms. The van der Waals surface area contributed by atoms with Crippen molar-refractivity contribution in [1.82, 2.24) is 10.2 Å². The third-order valence-electron chi connectivity index (χ3n) is 1.78. The van der Waals surface area contributed by atoms with E-state index in [1.807, 2.05) is 0 Å². The van der Waals surface area contributed by atoms with Crippen LogP contribution in [0.15, 0.2) is 18.2 Å². The highest BCUT2D eigenvalue weighted by molar-refractivity contribution is 5.82. The highest BCUT2D eigenvalue weighted by Crippen LogP contribution is 2.20. The van der Waals surface area contributed by atoms with Gasteiger partial charge in [-0.2, -0.15) is 5.10 Å². The topological polar surface area (TPSA) is 69.1 Å². The van der Waals surface area contributed by atoms with Crippen molar-refractivity contribution in [3.63, 3.8) is 0 Å². The summed E-state index contributed by atoms with van der Waals surface area (Å²) in [5.41, 5.74) is 1.34. The third kappa shape index (κ3) is 0.931. The van der Waals surface area contributed by atoms with Crippen molar-refractivity contribution in [1.29, 1.82) is 0 Å². The number of aromatic amines is 1. The third-order valence-corrected chi connectivity index (χ3v) is 1.78. The molecule has 0 saturated carbocycles. The summed E-state index contributed by atoms with van der Waals surface area (Å²) < 4.78 is 0. The van der Waals surface area contributed by atoms with Gasteiger partial charge in [-0.05, 0) is 12.1 Å². The molecule has 2 rings (SSSR count). The fourth-order valence-corrected chi connectivity index (χ4v) is 1.18. The molecule has 3 N–H and O–H groups in total. The number of benzene rings is 1. The van der Waals surface area contributed by atoms with Gasteiger partial charge in [0.1, 0.15) is 5.75 Å². The van der Waals surface area contributed by atoms with Gasteiger partial charge in [-0.1, -0.05) is 0 Å². The molecule has 4 heteroatoms. The van der Waals surface area contributed by atoms with E-state index in [0.717, 1.165) is 5.39 Å². The number of hydrogen-bond donors (Lipinski definition) is 3. The summed E-state index contributed by atoms with van der Waals surface area (Å²) in [7, 11) is 0. The van der Waals surface area contributed by atoms with Crippen LogP contribution in [0.25, 0.3) is 10.9 Å². The molecule has 1 aromatic heterocycles. The predicted octanol–water partition coefficient (Wildman–Crippen LogP) is 0.761. The maximum Gasteiger partial charge on any atom is 0.117 e. The van der Waals surface area contributed by atoms with Crippen LogP contribution in [-0.4, -0.2) is 20.4 Å². The predicted molar refractivity (Wildman–Crippen MR) is 43.7 cm³/mol. The highest BCUT2D eigenvalue weighted by atomic mass is 16.3.